The Morgan fingerprint density at radius 2 is 1.22 bits per heavy atom. The Hall–Kier alpha value is -4.01. The van der Waals surface area contributed by atoms with E-state index < -0.39 is 0 Å². The maximum Gasteiger partial charge on any atom is 0.140 e. The number of anilines is 1. The van der Waals surface area contributed by atoms with E-state index in [1.807, 2.05) is 18.2 Å². The van der Waals surface area contributed by atoms with Crippen LogP contribution in [-0.4, -0.2) is 0 Å². The molecule has 0 fully saturated rings. The van der Waals surface area contributed by atoms with E-state index >= 15 is 0 Å². The molecule has 1 aliphatic rings. The zero-order chi connectivity index (χ0) is 25.4. The summed E-state index contributed by atoms with van der Waals surface area (Å²) in [6.45, 7) is 4.33. The summed E-state index contributed by atoms with van der Waals surface area (Å²) in [5.41, 5.74) is 8.31. The zero-order valence-corrected chi connectivity index (χ0v) is 21.7. The molecule has 0 unspecified atom stereocenters. The van der Waals surface area contributed by atoms with Crippen molar-refractivity contribution in [2.24, 2.45) is 0 Å². The highest BCUT2D eigenvalue weighted by atomic mass is 35.5. The monoisotopic (exact) mass is 501 g/mol. The van der Waals surface area contributed by atoms with E-state index in [2.05, 4.69) is 122 Å². The van der Waals surface area contributed by atoms with Crippen LogP contribution in [0.15, 0.2) is 131 Å². The number of furan rings is 1. The number of rotatable bonds is 4. The largest absolute Gasteiger partial charge is 0.461 e. The molecule has 0 spiro atoms. The minimum absolute atomic E-state index is 0.0703. The third-order valence-corrected chi connectivity index (χ3v) is 7.47. The van der Waals surface area contributed by atoms with Crippen molar-refractivity contribution in [1.82, 2.24) is 0 Å². The van der Waals surface area contributed by atoms with Crippen molar-refractivity contribution in [3.8, 4) is 11.3 Å². The van der Waals surface area contributed by atoms with E-state index in [0.717, 1.165) is 27.8 Å². The Labute approximate surface area is 223 Å². The van der Waals surface area contributed by atoms with Gasteiger partial charge in [-0.25, -0.2) is 0 Å². The van der Waals surface area contributed by atoms with Crippen LogP contribution in [-0.2, 0) is 0 Å². The first-order chi connectivity index (χ1) is 18.1. The van der Waals surface area contributed by atoms with Crippen molar-refractivity contribution in [3.63, 3.8) is 0 Å². The van der Waals surface area contributed by atoms with Gasteiger partial charge in [-0.05, 0) is 54.8 Å². The smallest absolute Gasteiger partial charge is 0.140 e. The Bertz CT molecular complexity index is 1540. The lowest BCUT2D eigenvalue weighted by Crippen LogP contribution is -2.24. The van der Waals surface area contributed by atoms with Crippen molar-refractivity contribution in [2.45, 2.75) is 25.8 Å². The number of nitrogens with zero attached hydrogens (tertiary/aromatic N) is 1. The predicted molar refractivity (Wildman–Crippen MR) is 153 cm³/mol. The van der Waals surface area contributed by atoms with Gasteiger partial charge in [0, 0.05) is 39.5 Å². The highest BCUT2D eigenvalue weighted by Crippen LogP contribution is 2.50. The molecule has 1 aromatic heterocycles. The first-order valence-corrected chi connectivity index (χ1v) is 13.0. The molecule has 6 rings (SSSR count). The van der Waals surface area contributed by atoms with Gasteiger partial charge in [-0.2, -0.15) is 0 Å². The average Bonchev–Trinajstić information content (AvgIpc) is 3.19. The molecule has 0 bridgehead atoms. The molecule has 2 atom stereocenters. The van der Waals surface area contributed by atoms with Crippen LogP contribution in [0.3, 0.4) is 0 Å². The molecule has 5 aromatic rings. The first-order valence-electron chi connectivity index (χ1n) is 12.6. The molecule has 0 N–H and O–H groups in total. The number of aryl methyl sites for hydroxylation is 1. The quantitative estimate of drug-likeness (QED) is 0.244. The van der Waals surface area contributed by atoms with Gasteiger partial charge in [-0.15, -0.1) is 0 Å². The Kier molecular flexibility index (Phi) is 6.20. The van der Waals surface area contributed by atoms with Gasteiger partial charge in [-0.1, -0.05) is 103 Å². The van der Waals surface area contributed by atoms with Crippen LogP contribution < -0.4 is 4.90 Å². The van der Waals surface area contributed by atoms with Crippen molar-refractivity contribution in [2.75, 3.05) is 4.90 Å². The fraction of sp³-hybridized carbons (Fsp3) is 0.118. The molecule has 0 aliphatic carbocycles. The van der Waals surface area contributed by atoms with Crippen molar-refractivity contribution >= 4 is 17.3 Å². The molecule has 2 nitrogen and oxygen atoms in total. The van der Waals surface area contributed by atoms with Crippen LogP contribution in [0.5, 0.6) is 0 Å². The van der Waals surface area contributed by atoms with Crippen LogP contribution in [0.25, 0.3) is 11.3 Å². The number of fused-ring (bicyclic) bond motifs is 1. The van der Waals surface area contributed by atoms with Crippen molar-refractivity contribution < 1.29 is 4.42 Å². The number of benzene rings is 4. The number of halogens is 1. The SMILES string of the molecule is CC1=CN(c2ccc(Cl)cc2)[C@H](c2ccccc2)c2c(-c3ccccc3)oc(C)c2[C@H]1c1ccccc1. The topological polar surface area (TPSA) is 16.4 Å². The van der Waals surface area contributed by atoms with Crippen molar-refractivity contribution in [1.29, 1.82) is 0 Å². The Morgan fingerprint density at radius 1 is 0.649 bits per heavy atom. The third kappa shape index (κ3) is 4.28. The molecular weight excluding hydrogens is 474 g/mol. The van der Waals surface area contributed by atoms with Gasteiger partial charge in [0.1, 0.15) is 11.5 Å². The molecule has 1 aliphatic heterocycles. The minimum Gasteiger partial charge on any atom is -0.461 e. The first kappa shape index (κ1) is 23.4. The Balaban J connectivity index is 1.71. The molecule has 3 heteroatoms. The molecule has 0 amide bonds. The summed E-state index contributed by atoms with van der Waals surface area (Å²) in [5, 5.41) is 0.725. The van der Waals surface area contributed by atoms with Crippen LogP contribution >= 0.6 is 11.6 Å². The maximum absolute atomic E-state index is 6.69. The zero-order valence-electron chi connectivity index (χ0n) is 20.9. The summed E-state index contributed by atoms with van der Waals surface area (Å²) in [6, 6.07) is 39.9. The predicted octanol–water partition coefficient (Wildman–Crippen LogP) is 9.55. The molecule has 2 heterocycles. The van der Waals surface area contributed by atoms with Gasteiger partial charge in [-0.3, -0.25) is 0 Å². The maximum atomic E-state index is 6.69. The van der Waals surface area contributed by atoms with Crippen molar-refractivity contribution in [3.05, 3.63) is 160 Å². The third-order valence-electron chi connectivity index (χ3n) is 7.22. The van der Waals surface area contributed by atoms with Crippen LogP contribution in [0.2, 0.25) is 5.02 Å². The minimum atomic E-state index is -0.0892. The summed E-state index contributed by atoms with van der Waals surface area (Å²) in [6.07, 6.45) is 2.31. The lowest BCUT2D eigenvalue weighted by atomic mass is 9.81. The fourth-order valence-corrected chi connectivity index (χ4v) is 5.74. The summed E-state index contributed by atoms with van der Waals surface area (Å²) in [5.74, 6) is 1.94. The van der Waals surface area contributed by atoms with Crippen LogP contribution in [0.1, 0.15) is 46.9 Å². The van der Waals surface area contributed by atoms with Crippen LogP contribution in [0.4, 0.5) is 5.69 Å². The van der Waals surface area contributed by atoms with Gasteiger partial charge in [0.05, 0.1) is 6.04 Å². The highest BCUT2D eigenvalue weighted by molar-refractivity contribution is 6.30. The molecule has 4 aromatic carbocycles. The van der Waals surface area contributed by atoms with E-state index in [4.69, 9.17) is 16.0 Å². The molecule has 0 radical (unpaired) electrons. The molecule has 182 valence electrons. The average molecular weight is 502 g/mol. The molecule has 0 saturated heterocycles. The number of allylic oxidation sites excluding steroid dienone is 1. The molecular formula is C34H28ClNO. The Morgan fingerprint density at radius 3 is 1.84 bits per heavy atom. The standard InChI is InChI=1S/C34H28ClNO/c1-23-22-36(29-20-18-28(35)19-21-29)33(26-14-8-4-9-15-26)32-31(30(23)25-12-6-3-7-13-25)24(2)37-34(32)27-16-10-5-11-17-27/h3-22,30,33H,1-2H3/t30-,33-/m1/s1. The van der Waals surface area contributed by atoms with E-state index in [0.29, 0.717) is 0 Å². The second-order valence-corrected chi connectivity index (χ2v) is 10.0. The second kappa shape index (κ2) is 9.80. The van der Waals surface area contributed by atoms with E-state index in [-0.39, 0.29) is 12.0 Å². The van der Waals surface area contributed by atoms with Gasteiger partial charge in [0.15, 0.2) is 0 Å². The van der Waals surface area contributed by atoms with E-state index in [1.54, 1.807) is 0 Å². The second-order valence-electron chi connectivity index (χ2n) is 9.59. The van der Waals surface area contributed by atoms with Gasteiger partial charge in [0.2, 0.25) is 0 Å². The van der Waals surface area contributed by atoms with Gasteiger partial charge in [0.25, 0.3) is 0 Å². The number of hydrogen-bond acceptors (Lipinski definition) is 2. The van der Waals surface area contributed by atoms with Gasteiger partial charge >= 0.3 is 0 Å². The van der Waals surface area contributed by atoms with E-state index in [1.165, 1.54) is 27.8 Å². The normalized spacial score (nSPS) is 17.2. The summed E-state index contributed by atoms with van der Waals surface area (Å²) in [4.78, 5) is 2.38. The fourth-order valence-electron chi connectivity index (χ4n) is 5.62. The lowest BCUT2D eigenvalue weighted by molar-refractivity contribution is 0.539. The van der Waals surface area contributed by atoms with Gasteiger partial charge < -0.3 is 9.32 Å². The summed E-state index contributed by atoms with van der Waals surface area (Å²) < 4.78 is 6.69. The van der Waals surface area contributed by atoms with Crippen LogP contribution in [0, 0.1) is 6.92 Å². The van der Waals surface area contributed by atoms with E-state index in [9.17, 15) is 0 Å². The highest BCUT2D eigenvalue weighted by Gasteiger charge is 2.38. The molecule has 0 saturated carbocycles. The molecule has 37 heavy (non-hydrogen) atoms. The lowest BCUT2D eigenvalue weighted by Gasteiger charge is -2.31. The summed E-state index contributed by atoms with van der Waals surface area (Å²) >= 11 is 6.31. The summed E-state index contributed by atoms with van der Waals surface area (Å²) in [7, 11) is 0. The number of hydrogen-bond donors (Lipinski definition) is 0.